The van der Waals surface area contributed by atoms with Crippen LogP contribution in [0.25, 0.3) is 11.1 Å². The van der Waals surface area contributed by atoms with Crippen LogP contribution in [-0.4, -0.2) is 48.3 Å². The fraction of sp³-hybridized carbons (Fsp3) is 0.435. The van der Waals surface area contributed by atoms with Crippen molar-refractivity contribution in [1.29, 1.82) is 0 Å². The lowest BCUT2D eigenvalue weighted by atomic mass is 10.00. The number of likely N-dealkylation sites (tertiary alicyclic amines) is 1. The summed E-state index contributed by atoms with van der Waals surface area (Å²) in [6.45, 7) is 4.03. The van der Waals surface area contributed by atoms with Gasteiger partial charge >= 0.3 is 5.97 Å². The van der Waals surface area contributed by atoms with Gasteiger partial charge < -0.3 is 14.6 Å². The molecule has 158 valence electrons. The fourth-order valence-corrected chi connectivity index (χ4v) is 3.85. The predicted octanol–water partition coefficient (Wildman–Crippen LogP) is 4.63. The molecule has 1 heterocycles. The lowest BCUT2D eigenvalue weighted by Crippen LogP contribution is -2.46. The van der Waals surface area contributed by atoms with E-state index < -0.39 is 5.97 Å². The summed E-state index contributed by atoms with van der Waals surface area (Å²) in [5.41, 5.74) is 3.47. The zero-order chi connectivity index (χ0) is 19.9. The lowest BCUT2D eigenvalue weighted by molar-refractivity contribution is -0.144. The third kappa shape index (κ3) is 5.95. The summed E-state index contributed by atoms with van der Waals surface area (Å²) in [5.74, 6) is 0.117. The molecule has 6 heteroatoms. The number of rotatable bonds is 8. The number of halogens is 1. The van der Waals surface area contributed by atoms with Crippen molar-refractivity contribution in [2.75, 3.05) is 20.2 Å². The monoisotopic (exact) mass is 419 g/mol. The standard InChI is InChI=1S/C23H29NO4.ClH/c1-3-22(23(25)26)24-14-12-20(13-15-24)28-16-18-6-4-5-7-21(18)17-8-10-19(27-2)11-9-17;/h4-11,20,22H,3,12-16H2,1-2H3,(H,25,26);1H. The minimum absolute atomic E-state index is 0. The number of piperidine rings is 1. The Morgan fingerprint density at radius 2 is 1.79 bits per heavy atom. The van der Waals surface area contributed by atoms with Gasteiger partial charge in [-0.1, -0.05) is 43.3 Å². The molecular weight excluding hydrogens is 390 g/mol. The second kappa shape index (κ2) is 11.2. The highest BCUT2D eigenvalue weighted by molar-refractivity contribution is 5.85. The van der Waals surface area contributed by atoms with E-state index >= 15 is 0 Å². The van der Waals surface area contributed by atoms with Crippen LogP contribution in [0.1, 0.15) is 31.7 Å². The van der Waals surface area contributed by atoms with Crippen molar-refractivity contribution < 1.29 is 19.4 Å². The average Bonchev–Trinajstić information content (AvgIpc) is 2.74. The number of carboxylic acids is 1. The maximum atomic E-state index is 11.4. The van der Waals surface area contributed by atoms with Crippen molar-refractivity contribution >= 4 is 18.4 Å². The van der Waals surface area contributed by atoms with Gasteiger partial charge in [-0.3, -0.25) is 9.69 Å². The van der Waals surface area contributed by atoms with E-state index in [4.69, 9.17) is 9.47 Å². The molecule has 0 spiro atoms. The maximum Gasteiger partial charge on any atom is 0.320 e. The van der Waals surface area contributed by atoms with Crippen LogP contribution in [-0.2, 0) is 16.1 Å². The summed E-state index contributed by atoms with van der Waals surface area (Å²) in [7, 11) is 1.67. The largest absolute Gasteiger partial charge is 0.497 e. The molecule has 1 N–H and O–H groups in total. The van der Waals surface area contributed by atoms with Gasteiger partial charge in [0.15, 0.2) is 0 Å². The third-order valence-electron chi connectivity index (χ3n) is 5.48. The number of carbonyl (C=O) groups is 1. The van der Waals surface area contributed by atoms with Gasteiger partial charge in [0.1, 0.15) is 11.8 Å². The zero-order valence-electron chi connectivity index (χ0n) is 17.0. The van der Waals surface area contributed by atoms with Crippen LogP contribution in [0.4, 0.5) is 0 Å². The minimum Gasteiger partial charge on any atom is -0.497 e. The van der Waals surface area contributed by atoms with Crippen LogP contribution in [0.2, 0.25) is 0 Å². The summed E-state index contributed by atoms with van der Waals surface area (Å²) in [6.07, 6.45) is 2.55. The summed E-state index contributed by atoms with van der Waals surface area (Å²) in [4.78, 5) is 13.4. The first-order chi connectivity index (χ1) is 13.6. The molecule has 0 aliphatic carbocycles. The number of ether oxygens (including phenoxy) is 2. The molecule has 0 radical (unpaired) electrons. The highest BCUT2D eigenvalue weighted by atomic mass is 35.5. The Labute approximate surface area is 179 Å². The second-order valence-electron chi connectivity index (χ2n) is 7.19. The molecule has 2 aromatic rings. The average molecular weight is 420 g/mol. The molecule has 0 amide bonds. The SMILES string of the molecule is CCC(C(=O)O)N1CCC(OCc2ccccc2-c2ccc(OC)cc2)CC1.Cl. The zero-order valence-corrected chi connectivity index (χ0v) is 17.9. The van der Waals surface area contributed by atoms with Crippen LogP contribution in [0.15, 0.2) is 48.5 Å². The minimum atomic E-state index is -0.727. The smallest absolute Gasteiger partial charge is 0.320 e. The fourth-order valence-electron chi connectivity index (χ4n) is 3.85. The van der Waals surface area contributed by atoms with E-state index in [1.165, 1.54) is 5.56 Å². The number of hydrogen-bond donors (Lipinski definition) is 1. The van der Waals surface area contributed by atoms with E-state index in [0.717, 1.165) is 42.8 Å². The van der Waals surface area contributed by atoms with Crippen LogP contribution in [0, 0.1) is 0 Å². The van der Waals surface area contributed by atoms with Crippen molar-refractivity contribution in [2.45, 2.75) is 44.9 Å². The van der Waals surface area contributed by atoms with Crippen LogP contribution >= 0.6 is 12.4 Å². The maximum absolute atomic E-state index is 11.4. The highest BCUT2D eigenvalue weighted by Crippen LogP contribution is 2.27. The summed E-state index contributed by atoms with van der Waals surface area (Å²) in [5, 5.41) is 9.33. The molecule has 1 fully saturated rings. The first-order valence-electron chi connectivity index (χ1n) is 9.93. The van der Waals surface area contributed by atoms with Crippen molar-refractivity contribution in [3.05, 3.63) is 54.1 Å². The van der Waals surface area contributed by atoms with Gasteiger partial charge in [0.2, 0.25) is 0 Å². The van der Waals surface area contributed by atoms with Gasteiger partial charge in [0.05, 0.1) is 19.8 Å². The molecule has 29 heavy (non-hydrogen) atoms. The van der Waals surface area contributed by atoms with E-state index in [1.54, 1.807) is 7.11 Å². The van der Waals surface area contributed by atoms with Crippen LogP contribution in [0.5, 0.6) is 5.75 Å². The Balaban J connectivity index is 0.00000300. The molecule has 1 unspecified atom stereocenters. The Morgan fingerprint density at radius 1 is 1.14 bits per heavy atom. The number of methoxy groups -OCH3 is 1. The van der Waals surface area contributed by atoms with Crippen molar-refractivity contribution in [3.63, 3.8) is 0 Å². The molecule has 1 atom stereocenters. The Hall–Kier alpha value is -2.08. The van der Waals surface area contributed by atoms with E-state index in [9.17, 15) is 9.90 Å². The van der Waals surface area contributed by atoms with E-state index in [0.29, 0.717) is 13.0 Å². The Morgan fingerprint density at radius 3 is 2.38 bits per heavy atom. The van der Waals surface area contributed by atoms with Gasteiger partial charge in [0, 0.05) is 13.1 Å². The molecular formula is C23H30ClNO4. The molecule has 0 saturated carbocycles. The van der Waals surface area contributed by atoms with E-state index in [-0.39, 0.29) is 24.6 Å². The molecule has 2 aromatic carbocycles. The molecule has 1 aliphatic heterocycles. The number of aliphatic carboxylic acids is 1. The van der Waals surface area contributed by atoms with Gasteiger partial charge in [0.25, 0.3) is 0 Å². The number of nitrogens with zero attached hydrogens (tertiary/aromatic N) is 1. The van der Waals surface area contributed by atoms with Gasteiger partial charge in [-0.2, -0.15) is 0 Å². The van der Waals surface area contributed by atoms with E-state index in [1.807, 2.05) is 31.2 Å². The quantitative estimate of drug-likeness (QED) is 0.676. The summed E-state index contributed by atoms with van der Waals surface area (Å²) >= 11 is 0. The topological polar surface area (TPSA) is 59.0 Å². The van der Waals surface area contributed by atoms with Crippen molar-refractivity contribution in [2.24, 2.45) is 0 Å². The highest BCUT2D eigenvalue weighted by Gasteiger charge is 2.28. The molecule has 1 saturated heterocycles. The number of benzene rings is 2. The normalized spacial score (nSPS) is 16.1. The Kier molecular flexibility index (Phi) is 8.96. The lowest BCUT2D eigenvalue weighted by Gasteiger charge is -2.35. The number of carboxylic acid groups (broad SMARTS) is 1. The van der Waals surface area contributed by atoms with Gasteiger partial charge in [-0.15, -0.1) is 12.4 Å². The summed E-state index contributed by atoms with van der Waals surface area (Å²) in [6, 6.07) is 16.0. The van der Waals surface area contributed by atoms with E-state index in [2.05, 4.69) is 29.2 Å². The third-order valence-corrected chi connectivity index (χ3v) is 5.48. The van der Waals surface area contributed by atoms with Crippen LogP contribution in [0.3, 0.4) is 0 Å². The molecule has 0 bridgehead atoms. The first-order valence-corrected chi connectivity index (χ1v) is 9.93. The van der Waals surface area contributed by atoms with Gasteiger partial charge in [-0.25, -0.2) is 0 Å². The predicted molar refractivity (Wildman–Crippen MR) is 117 cm³/mol. The molecule has 5 nitrogen and oxygen atoms in total. The van der Waals surface area contributed by atoms with Gasteiger partial charge in [-0.05, 0) is 48.1 Å². The molecule has 1 aliphatic rings. The number of hydrogen-bond acceptors (Lipinski definition) is 4. The molecule has 3 rings (SSSR count). The first kappa shape index (κ1) is 23.2. The van der Waals surface area contributed by atoms with Crippen molar-refractivity contribution in [1.82, 2.24) is 4.90 Å². The van der Waals surface area contributed by atoms with Crippen LogP contribution < -0.4 is 4.74 Å². The Bertz CT molecular complexity index is 773. The summed E-state index contributed by atoms with van der Waals surface area (Å²) < 4.78 is 11.4. The van der Waals surface area contributed by atoms with Crippen molar-refractivity contribution in [3.8, 4) is 16.9 Å². The second-order valence-corrected chi connectivity index (χ2v) is 7.19. The molecule has 0 aromatic heterocycles.